The van der Waals surface area contributed by atoms with Crippen molar-refractivity contribution < 1.29 is 27.8 Å². The number of hydrogen-bond donors (Lipinski definition) is 3. The van der Waals surface area contributed by atoms with Gasteiger partial charge in [-0.25, -0.2) is 0 Å². The van der Waals surface area contributed by atoms with Crippen LogP contribution in [0.1, 0.15) is 22.0 Å². The van der Waals surface area contributed by atoms with Crippen LogP contribution in [0.2, 0.25) is 0 Å². The predicted octanol–water partition coefficient (Wildman–Crippen LogP) is 3.11. The monoisotopic (exact) mass is 358 g/mol. The molecule has 2 rings (SSSR count). The van der Waals surface area contributed by atoms with Crippen molar-refractivity contribution in [1.82, 2.24) is 10.3 Å². The van der Waals surface area contributed by atoms with Gasteiger partial charge in [0.1, 0.15) is 10.4 Å². The van der Waals surface area contributed by atoms with E-state index < -0.39 is 24.1 Å². The zero-order chi connectivity index (χ0) is 17.7. The molecule has 0 aliphatic heterocycles. The molecule has 1 atom stereocenters. The highest BCUT2D eigenvalue weighted by atomic mass is 32.1. The number of hydrogen-bond acceptors (Lipinski definition) is 4. The topological polar surface area (TPSA) is 74.3 Å². The Hall–Kier alpha value is -2.39. The molecule has 24 heavy (non-hydrogen) atoms. The first-order chi connectivity index (χ1) is 11.3. The zero-order valence-corrected chi connectivity index (χ0v) is 12.9. The number of carbonyl (C=O) groups excluding carboxylic acids is 1. The van der Waals surface area contributed by atoms with Gasteiger partial charge in [-0.2, -0.15) is 0 Å². The fourth-order valence-electron chi connectivity index (χ4n) is 1.89. The number of amides is 1. The van der Waals surface area contributed by atoms with Gasteiger partial charge in [0.15, 0.2) is 0 Å². The number of H-pyrrole nitrogens is 1. The summed E-state index contributed by atoms with van der Waals surface area (Å²) >= 11 is 4.97. The van der Waals surface area contributed by atoms with Crippen LogP contribution in [0.15, 0.2) is 42.6 Å². The van der Waals surface area contributed by atoms with Gasteiger partial charge in [0.05, 0.1) is 11.7 Å². The number of aromatic amines is 1. The van der Waals surface area contributed by atoms with E-state index in [0.29, 0.717) is 5.56 Å². The quantitative estimate of drug-likeness (QED) is 0.718. The van der Waals surface area contributed by atoms with Crippen molar-refractivity contribution in [1.29, 1.82) is 0 Å². The number of carbonyl (C=O) groups is 1. The van der Waals surface area contributed by atoms with Crippen molar-refractivity contribution >= 4 is 18.1 Å². The van der Waals surface area contributed by atoms with Crippen molar-refractivity contribution in [3.63, 3.8) is 0 Å². The summed E-state index contributed by atoms with van der Waals surface area (Å²) in [7, 11) is 0. The van der Waals surface area contributed by atoms with Gasteiger partial charge < -0.3 is 20.1 Å². The van der Waals surface area contributed by atoms with Crippen LogP contribution in [0.25, 0.3) is 0 Å². The number of ether oxygens (including phenoxy) is 1. The van der Waals surface area contributed by atoms with E-state index in [1.54, 1.807) is 12.3 Å². The van der Waals surface area contributed by atoms with Gasteiger partial charge in [-0.15, -0.1) is 13.2 Å². The molecular formula is C15H13F3N2O3S. The second kappa shape index (κ2) is 7.45. The van der Waals surface area contributed by atoms with Gasteiger partial charge in [0, 0.05) is 12.7 Å². The molecule has 0 aliphatic carbocycles. The number of rotatable bonds is 5. The van der Waals surface area contributed by atoms with Crippen LogP contribution in [0.3, 0.4) is 0 Å². The van der Waals surface area contributed by atoms with Gasteiger partial charge in [-0.05, 0) is 29.8 Å². The fraction of sp³-hybridized carbons (Fsp3) is 0.200. The molecule has 1 heterocycles. The van der Waals surface area contributed by atoms with Gasteiger partial charge in [0.25, 0.3) is 5.91 Å². The Morgan fingerprint density at radius 2 is 1.96 bits per heavy atom. The Kier molecular flexibility index (Phi) is 5.58. The summed E-state index contributed by atoms with van der Waals surface area (Å²) in [4.78, 5) is 14.7. The first-order valence-electron chi connectivity index (χ1n) is 6.76. The molecule has 0 radical (unpaired) electrons. The Morgan fingerprint density at radius 3 is 2.54 bits per heavy atom. The summed E-state index contributed by atoms with van der Waals surface area (Å²) in [5.74, 6) is -0.856. The normalized spacial score (nSPS) is 12.5. The summed E-state index contributed by atoms with van der Waals surface area (Å²) in [5, 5.41) is 12.5. The Labute approximate surface area is 140 Å². The average Bonchev–Trinajstić information content (AvgIpc) is 2.52. The Bertz CT molecular complexity index is 760. The molecule has 0 saturated heterocycles. The number of halogens is 3. The van der Waals surface area contributed by atoms with Gasteiger partial charge in [-0.1, -0.05) is 24.4 Å². The minimum Gasteiger partial charge on any atom is -0.406 e. The van der Waals surface area contributed by atoms with Crippen LogP contribution in [0, 0.1) is 4.64 Å². The number of alkyl halides is 3. The van der Waals surface area contributed by atoms with Crippen molar-refractivity contribution in [3.05, 3.63) is 58.4 Å². The lowest BCUT2D eigenvalue weighted by atomic mass is 10.1. The first kappa shape index (κ1) is 18.0. The molecular weight excluding hydrogens is 345 g/mol. The average molecular weight is 358 g/mol. The summed E-state index contributed by atoms with van der Waals surface area (Å²) in [6, 6.07) is 7.88. The zero-order valence-electron chi connectivity index (χ0n) is 12.1. The largest absolute Gasteiger partial charge is 0.573 e. The van der Waals surface area contributed by atoms with E-state index in [9.17, 15) is 23.1 Å². The number of nitrogens with one attached hydrogen (secondary N) is 2. The third-order valence-corrected chi connectivity index (χ3v) is 3.35. The predicted molar refractivity (Wildman–Crippen MR) is 82.0 cm³/mol. The minimum absolute atomic E-state index is 0.123. The lowest BCUT2D eigenvalue weighted by Gasteiger charge is -2.14. The molecule has 0 aliphatic rings. The maximum absolute atomic E-state index is 12.1. The van der Waals surface area contributed by atoms with E-state index in [1.165, 1.54) is 18.2 Å². The molecule has 1 unspecified atom stereocenters. The van der Waals surface area contributed by atoms with E-state index in [0.717, 1.165) is 12.1 Å². The number of pyridine rings is 1. The standard InChI is InChI=1S/C15H13F3N2O3S/c16-15(17,18)23-10-5-3-9(4-6-10)12(21)8-20-13(22)11-2-1-7-19-14(11)24/h1-7,12,21H,8H2,(H,19,24)(H,20,22). The van der Waals surface area contributed by atoms with E-state index in [-0.39, 0.29) is 16.7 Å². The molecule has 128 valence electrons. The van der Waals surface area contributed by atoms with Crippen LogP contribution in [0.5, 0.6) is 5.75 Å². The first-order valence-corrected chi connectivity index (χ1v) is 7.17. The maximum Gasteiger partial charge on any atom is 0.573 e. The molecule has 0 saturated carbocycles. The van der Waals surface area contributed by atoms with E-state index in [4.69, 9.17) is 12.2 Å². The molecule has 9 heteroatoms. The molecule has 3 N–H and O–H groups in total. The van der Waals surface area contributed by atoms with Crippen molar-refractivity contribution in [2.24, 2.45) is 0 Å². The number of aliphatic hydroxyl groups is 1. The number of aromatic nitrogens is 1. The lowest BCUT2D eigenvalue weighted by Crippen LogP contribution is -2.28. The van der Waals surface area contributed by atoms with Crippen molar-refractivity contribution in [3.8, 4) is 5.75 Å². The Balaban J connectivity index is 1.95. The summed E-state index contributed by atoms with van der Waals surface area (Å²) < 4.78 is 40.2. The van der Waals surface area contributed by atoms with Crippen molar-refractivity contribution in [2.45, 2.75) is 12.5 Å². The maximum atomic E-state index is 12.1. The van der Waals surface area contributed by atoms with E-state index >= 15 is 0 Å². The van der Waals surface area contributed by atoms with Crippen LogP contribution in [-0.4, -0.2) is 28.9 Å². The molecule has 2 aromatic rings. The minimum atomic E-state index is -4.78. The summed E-state index contributed by atoms with van der Waals surface area (Å²) in [5.41, 5.74) is 0.594. The molecule has 1 aromatic carbocycles. The van der Waals surface area contributed by atoms with Gasteiger partial charge in [0.2, 0.25) is 0 Å². The highest BCUT2D eigenvalue weighted by Crippen LogP contribution is 2.24. The highest BCUT2D eigenvalue weighted by Gasteiger charge is 2.31. The Morgan fingerprint density at radius 1 is 1.29 bits per heavy atom. The van der Waals surface area contributed by atoms with Crippen LogP contribution < -0.4 is 10.1 Å². The second-order valence-electron chi connectivity index (χ2n) is 4.76. The number of benzene rings is 1. The van der Waals surface area contributed by atoms with Crippen LogP contribution >= 0.6 is 12.2 Å². The van der Waals surface area contributed by atoms with Gasteiger partial charge in [-0.3, -0.25) is 4.79 Å². The van der Waals surface area contributed by atoms with Crippen LogP contribution in [0.4, 0.5) is 13.2 Å². The highest BCUT2D eigenvalue weighted by molar-refractivity contribution is 7.71. The number of aliphatic hydroxyl groups excluding tert-OH is 1. The molecule has 0 spiro atoms. The second-order valence-corrected chi connectivity index (χ2v) is 5.16. The van der Waals surface area contributed by atoms with Crippen molar-refractivity contribution in [2.75, 3.05) is 6.54 Å². The summed E-state index contributed by atoms with van der Waals surface area (Å²) in [6.07, 6.45) is -4.28. The van der Waals surface area contributed by atoms with E-state index in [2.05, 4.69) is 15.0 Å². The molecule has 5 nitrogen and oxygen atoms in total. The fourth-order valence-corrected chi connectivity index (χ4v) is 2.12. The third kappa shape index (κ3) is 5.07. The lowest BCUT2D eigenvalue weighted by molar-refractivity contribution is -0.274. The molecule has 0 fully saturated rings. The molecule has 1 amide bonds. The molecule has 0 bridgehead atoms. The SMILES string of the molecule is O=C(NCC(O)c1ccc(OC(F)(F)F)cc1)c1ccc[nH]c1=S. The third-order valence-electron chi connectivity index (χ3n) is 3.02. The molecule has 1 aromatic heterocycles. The van der Waals surface area contributed by atoms with E-state index in [1.807, 2.05) is 0 Å². The summed E-state index contributed by atoms with van der Waals surface area (Å²) in [6.45, 7) is -0.123. The van der Waals surface area contributed by atoms with Crippen LogP contribution in [-0.2, 0) is 0 Å². The smallest absolute Gasteiger partial charge is 0.406 e. The van der Waals surface area contributed by atoms with Gasteiger partial charge >= 0.3 is 6.36 Å².